The molecule has 15 nitrogen and oxygen atoms in total. The van der Waals surface area contributed by atoms with Crippen molar-refractivity contribution in [2.24, 2.45) is 17.8 Å². The Morgan fingerprint density at radius 2 is 1.66 bits per heavy atom. The van der Waals surface area contributed by atoms with Crippen LogP contribution in [0.5, 0.6) is 0 Å². The topological polar surface area (TPSA) is 203 Å². The standard InChI is InChI=1S/C48H70N6O9S/c1-9-32(5)43(52-45(57)40-13-10-11-22-53(40)8)47(58)54(62-24-12-23-61-28-36-18-20-37(49)21-19-36)41(30(2)3)27-42(63-34(7)55)46-51-39(29-64-46)44(56)50-38(25-33(6)48(59)60)26-35-16-14-31(4)15-17-35/h14-21,29-30,32-33,38,40-43H,9-13,22-28,49H2,1-8H3,(H,50,56)(H,52,57)(H,59,60)/t32-,33-,38+,40+,41+,42+,43-/m0/s1. The van der Waals surface area contributed by atoms with Gasteiger partial charge in [-0.05, 0) is 87.7 Å². The molecule has 2 heterocycles. The van der Waals surface area contributed by atoms with Gasteiger partial charge in [0.2, 0.25) is 5.91 Å². The number of ether oxygens (including phenoxy) is 2. The van der Waals surface area contributed by atoms with Gasteiger partial charge >= 0.3 is 11.9 Å². The Morgan fingerprint density at radius 3 is 2.28 bits per heavy atom. The van der Waals surface area contributed by atoms with E-state index in [1.807, 2.05) is 95.1 Å². The summed E-state index contributed by atoms with van der Waals surface area (Å²) in [7, 11) is 1.93. The summed E-state index contributed by atoms with van der Waals surface area (Å²) in [5, 5.41) is 19.0. The minimum absolute atomic E-state index is 0.0733. The highest BCUT2D eigenvalue weighted by atomic mass is 32.1. The molecule has 1 saturated heterocycles. The van der Waals surface area contributed by atoms with Crippen LogP contribution in [0.25, 0.3) is 0 Å². The molecule has 7 atom stereocenters. The number of aryl methyl sites for hydroxylation is 1. The molecule has 352 valence electrons. The van der Waals surface area contributed by atoms with E-state index in [-0.39, 0.29) is 48.9 Å². The van der Waals surface area contributed by atoms with Gasteiger partial charge < -0.3 is 30.9 Å². The number of carbonyl (C=O) groups excluding carboxylic acids is 4. The number of hydroxylamine groups is 2. The highest BCUT2D eigenvalue weighted by Crippen LogP contribution is 2.32. The number of amides is 3. The number of carboxylic acid groups (broad SMARTS) is 1. The predicted octanol–water partition coefficient (Wildman–Crippen LogP) is 6.89. The van der Waals surface area contributed by atoms with Gasteiger partial charge in [-0.2, -0.15) is 0 Å². The second-order valence-corrected chi connectivity index (χ2v) is 18.4. The first kappa shape index (κ1) is 51.7. The van der Waals surface area contributed by atoms with Gasteiger partial charge in [0.1, 0.15) is 16.7 Å². The molecule has 1 fully saturated rings. The number of carbonyl (C=O) groups is 5. The smallest absolute Gasteiger partial charge is 0.306 e. The lowest BCUT2D eigenvalue weighted by Crippen LogP contribution is -2.58. The van der Waals surface area contributed by atoms with Crippen molar-refractivity contribution >= 4 is 46.7 Å². The molecule has 5 N–H and O–H groups in total. The first-order valence-electron chi connectivity index (χ1n) is 22.6. The second kappa shape index (κ2) is 25.6. The number of nitrogens with two attached hydrogens (primary N) is 1. The minimum atomic E-state index is -0.971. The van der Waals surface area contributed by atoms with Gasteiger partial charge in [0.25, 0.3) is 11.8 Å². The maximum atomic E-state index is 14.9. The number of carboxylic acids is 1. The number of likely N-dealkylation sites (N-methyl/N-ethyl adjacent to an activating group) is 1. The SMILES string of the molecule is CC[C@H](C)[C@H](NC(=O)[C@H]1CCCCN1C)C(=O)N(OCCCOCc1ccc(N)cc1)[C@H](C[C@@H](OC(C)=O)c1nc(C(=O)N[C@@H](Cc2ccc(C)cc2)C[C@H](C)C(=O)O)cs1)C(C)C. The van der Waals surface area contributed by atoms with E-state index in [0.717, 1.165) is 47.4 Å². The quantitative estimate of drug-likeness (QED) is 0.0297. The Labute approximate surface area is 382 Å². The van der Waals surface area contributed by atoms with Crippen molar-refractivity contribution in [3.8, 4) is 0 Å². The van der Waals surface area contributed by atoms with Crippen LogP contribution in [-0.2, 0) is 46.5 Å². The van der Waals surface area contributed by atoms with Crippen molar-refractivity contribution in [2.75, 3.05) is 32.5 Å². The fourth-order valence-corrected chi connectivity index (χ4v) is 8.55. The van der Waals surface area contributed by atoms with E-state index in [9.17, 15) is 29.1 Å². The maximum absolute atomic E-state index is 14.9. The number of aromatic nitrogens is 1. The predicted molar refractivity (Wildman–Crippen MR) is 247 cm³/mol. The van der Waals surface area contributed by atoms with E-state index < -0.39 is 53.9 Å². The fraction of sp³-hybridized carbons (Fsp3) is 0.583. The molecular weight excluding hydrogens is 837 g/mol. The van der Waals surface area contributed by atoms with Crippen LogP contribution < -0.4 is 16.4 Å². The number of thiazole rings is 1. The molecule has 4 rings (SSSR count). The van der Waals surface area contributed by atoms with Gasteiger partial charge in [0, 0.05) is 37.1 Å². The molecule has 2 aromatic carbocycles. The largest absolute Gasteiger partial charge is 0.481 e. The van der Waals surface area contributed by atoms with Crippen LogP contribution in [-0.4, -0.2) is 101 Å². The van der Waals surface area contributed by atoms with Crippen molar-refractivity contribution < 1.29 is 43.4 Å². The summed E-state index contributed by atoms with van der Waals surface area (Å²) < 4.78 is 11.8. The zero-order chi connectivity index (χ0) is 46.9. The summed E-state index contributed by atoms with van der Waals surface area (Å²) in [6.45, 7) is 14.3. The number of likely N-dealkylation sites (tertiary alicyclic amines) is 1. The molecule has 1 aliphatic heterocycles. The molecule has 0 unspecified atom stereocenters. The Morgan fingerprint density at radius 1 is 0.969 bits per heavy atom. The van der Waals surface area contributed by atoms with Crippen LogP contribution in [0, 0.1) is 24.7 Å². The fourth-order valence-electron chi connectivity index (χ4n) is 7.71. The minimum Gasteiger partial charge on any atom is -0.481 e. The zero-order valence-corrected chi connectivity index (χ0v) is 39.7. The summed E-state index contributed by atoms with van der Waals surface area (Å²) in [5.41, 5.74) is 9.58. The Kier molecular flexibility index (Phi) is 20.7. The Hall–Kier alpha value is -4.90. The number of esters is 1. The van der Waals surface area contributed by atoms with Crippen LogP contribution in [0.1, 0.15) is 125 Å². The van der Waals surface area contributed by atoms with Gasteiger partial charge in [0.15, 0.2) is 6.10 Å². The van der Waals surface area contributed by atoms with Gasteiger partial charge in [-0.15, -0.1) is 11.3 Å². The first-order valence-corrected chi connectivity index (χ1v) is 23.5. The molecule has 16 heteroatoms. The number of aliphatic carboxylic acids is 1. The van der Waals surface area contributed by atoms with E-state index in [1.165, 1.54) is 12.0 Å². The highest BCUT2D eigenvalue weighted by molar-refractivity contribution is 7.09. The third kappa shape index (κ3) is 16.0. The summed E-state index contributed by atoms with van der Waals surface area (Å²) in [4.78, 5) is 80.1. The normalized spacial score (nSPS) is 17.1. The van der Waals surface area contributed by atoms with Crippen molar-refractivity contribution in [3.63, 3.8) is 0 Å². The summed E-state index contributed by atoms with van der Waals surface area (Å²) in [6, 6.07) is 12.8. The molecule has 0 saturated carbocycles. The maximum Gasteiger partial charge on any atom is 0.306 e. The lowest BCUT2D eigenvalue weighted by molar-refractivity contribution is -0.214. The van der Waals surface area contributed by atoms with Crippen LogP contribution in [0.3, 0.4) is 0 Å². The summed E-state index contributed by atoms with van der Waals surface area (Å²) in [6.07, 6.45) is 3.40. The van der Waals surface area contributed by atoms with Crippen LogP contribution in [0.15, 0.2) is 53.9 Å². The number of rotatable bonds is 25. The average molecular weight is 907 g/mol. The van der Waals surface area contributed by atoms with Gasteiger partial charge in [-0.1, -0.05) is 89.4 Å². The third-order valence-corrected chi connectivity index (χ3v) is 12.8. The van der Waals surface area contributed by atoms with Crippen molar-refractivity contribution in [1.82, 2.24) is 25.6 Å². The lowest BCUT2D eigenvalue weighted by Gasteiger charge is -2.39. The monoisotopic (exact) mass is 906 g/mol. The number of hydrogen-bond donors (Lipinski definition) is 4. The molecule has 0 spiro atoms. The first-order chi connectivity index (χ1) is 30.5. The Balaban J connectivity index is 1.59. The van der Waals surface area contributed by atoms with Gasteiger partial charge in [-0.3, -0.25) is 33.7 Å². The lowest BCUT2D eigenvalue weighted by atomic mass is 9.93. The average Bonchev–Trinajstić information content (AvgIpc) is 3.76. The summed E-state index contributed by atoms with van der Waals surface area (Å²) >= 11 is 1.15. The van der Waals surface area contributed by atoms with Gasteiger partial charge in [0.05, 0.1) is 31.2 Å². The van der Waals surface area contributed by atoms with E-state index in [1.54, 1.807) is 12.3 Å². The number of nitrogens with zero attached hydrogens (tertiary/aromatic N) is 3. The number of nitrogen functional groups attached to an aromatic ring is 1. The van der Waals surface area contributed by atoms with Gasteiger partial charge in [-0.25, -0.2) is 10.0 Å². The molecular formula is C48H70N6O9S. The molecule has 64 heavy (non-hydrogen) atoms. The molecule has 1 aliphatic rings. The number of anilines is 1. The number of hydrogen-bond acceptors (Lipinski definition) is 12. The van der Waals surface area contributed by atoms with E-state index >= 15 is 0 Å². The highest BCUT2D eigenvalue weighted by Gasteiger charge is 2.40. The molecule has 3 aromatic rings. The molecule has 1 aromatic heterocycles. The molecule has 0 aliphatic carbocycles. The van der Waals surface area contributed by atoms with Crippen LogP contribution in [0.4, 0.5) is 5.69 Å². The summed E-state index contributed by atoms with van der Waals surface area (Å²) in [5.74, 6) is -3.84. The van der Waals surface area contributed by atoms with Crippen LogP contribution in [0.2, 0.25) is 0 Å². The number of piperidine rings is 1. The van der Waals surface area contributed by atoms with E-state index in [4.69, 9.17) is 20.0 Å². The third-order valence-electron chi connectivity index (χ3n) is 11.8. The van der Waals surface area contributed by atoms with Crippen molar-refractivity contribution in [3.05, 3.63) is 81.3 Å². The number of benzene rings is 2. The number of nitrogens with one attached hydrogen (secondary N) is 2. The van der Waals surface area contributed by atoms with E-state index in [0.29, 0.717) is 49.6 Å². The van der Waals surface area contributed by atoms with E-state index in [2.05, 4.69) is 15.6 Å². The van der Waals surface area contributed by atoms with Crippen LogP contribution >= 0.6 is 11.3 Å². The van der Waals surface area contributed by atoms with Crippen molar-refractivity contribution in [2.45, 2.75) is 137 Å². The molecule has 0 radical (unpaired) electrons. The Bertz CT molecular complexity index is 1960. The molecule has 3 amide bonds. The molecule has 0 bridgehead atoms. The van der Waals surface area contributed by atoms with Crippen molar-refractivity contribution in [1.29, 1.82) is 0 Å². The second-order valence-electron chi connectivity index (χ2n) is 17.6. The zero-order valence-electron chi connectivity index (χ0n) is 38.8.